The lowest BCUT2D eigenvalue weighted by Crippen LogP contribution is -2.11. The van der Waals surface area contributed by atoms with Crippen LogP contribution in [0.5, 0.6) is 11.5 Å². The van der Waals surface area contributed by atoms with Crippen LogP contribution in [0.1, 0.15) is 31.9 Å². The minimum atomic E-state index is 0.147. The monoisotopic (exact) mass is 364 g/mol. The molecule has 0 atom stereocenters. The molecular weight excluding hydrogens is 340 g/mol. The van der Waals surface area contributed by atoms with E-state index in [1.807, 2.05) is 36.4 Å². The van der Waals surface area contributed by atoms with Crippen molar-refractivity contribution in [2.24, 2.45) is 5.10 Å². The van der Waals surface area contributed by atoms with E-state index < -0.39 is 0 Å². The quantitative estimate of drug-likeness (QED) is 0.471. The molecule has 140 valence electrons. The molecule has 3 rings (SSSR count). The zero-order chi connectivity index (χ0) is 19.1. The summed E-state index contributed by atoms with van der Waals surface area (Å²) in [5.74, 6) is 1.65. The summed E-state index contributed by atoms with van der Waals surface area (Å²) < 4.78 is 13.0. The van der Waals surface area contributed by atoms with Crippen molar-refractivity contribution in [3.63, 3.8) is 0 Å². The maximum Gasteiger partial charge on any atom is 0.141 e. The van der Waals surface area contributed by atoms with E-state index in [1.54, 1.807) is 6.21 Å². The highest BCUT2D eigenvalue weighted by atomic mass is 16.5. The third-order valence-electron chi connectivity index (χ3n) is 3.97. The Labute approximate surface area is 159 Å². The van der Waals surface area contributed by atoms with Crippen LogP contribution in [0.15, 0.2) is 66.3 Å². The molecule has 27 heavy (non-hydrogen) atoms. The van der Waals surface area contributed by atoms with Gasteiger partial charge in [0.25, 0.3) is 0 Å². The molecule has 0 aliphatic carbocycles. The molecular formula is C21H24N4O2. The Morgan fingerprint density at radius 3 is 1.89 bits per heavy atom. The topological polar surface area (TPSA) is 61.5 Å². The molecule has 6 heteroatoms. The van der Waals surface area contributed by atoms with Crippen LogP contribution in [0.3, 0.4) is 0 Å². The van der Waals surface area contributed by atoms with Crippen molar-refractivity contribution >= 4 is 6.21 Å². The van der Waals surface area contributed by atoms with E-state index in [0.717, 1.165) is 17.1 Å². The fourth-order valence-corrected chi connectivity index (χ4v) is 2.41. The fourth-order valence-electron chi connectivity index (χ4n) is 2.41. The Morgan fingerprint density at radius 1 is 0.852 bits per heavy atom. The molecule has 0 aliphatic heterocycles. The number of ether oxygens (including phenoxy) is 2. The van der Waals surface area contributed by atoms with Gasteiger partial charge in [0.15, 0.2) is 0 Å². The molecule has 1 heterocycles. The van der Waals surface area contributed by atoms with Gasteiger partial charge in [0.2, 0.25) is 0 Å². The number of hydrogen-bond donors (Lipinski definition) is 0. The second-order valence-electron chi connectivity index (χ2n) is 7.13. The average Bonchev–Trinajstić information content (AvgIpc) is 3.18. The lowest BCUT2D eigenvalue weighted by molar-refractivity contribution is 0.217. The van der Waals surface area contributed by atoms with Crippen LogP contribution in [-0.2, 0) is 5.41 Å². The van der Waals surface area contributed by atoms with Crippen LogP contribution in [0.25, 0.3) is 0 Å². The molecule has 0 unspecified atom stereocenters. The van der Waals surface area contributed by atoms with Crippen LogP contribution in [0.4, 0.5) is 0 Å². The van der Waals surface area contributed by atoms with E-state index in [1.165, 1.54) is 22.9 Å². The highest BCUT2D eigenvalue weighted by molar-refractivity contribution is 5.79. The maximum absolute atomic E-state index is 5.74. The molecule has 0 bridgehead atoms. The maximum atomic E-state index is 5.74. The normalized spacial score (nSPS) is 11.7. The zero-order valence-electron chi connectivity index (χ0n) is 15.9. The Balaban J connectivity index is 1.42. The second-order valence-corrected chi connectivity index (χ2v) is 7.13. The van der Waals surface area contributed by atoms with Gasteiger partial charge in [0.1, 0.15) is 37.4 Å². The predicted molar refractivity (Wildman–Crippen MR) is 106 cm³/mol. The van der Waals surface area contributed by atoms with Crippen molar-refractivity contribution in [3.8, 4) is 11.5 Å². The average molecular weight is 364 g/mol. The Kier molecular flexibility index (Phi) is 5.86. The number of benzene rings is 2. The summed E-state index contributed by atoms with van der Waals surface area (Å²) in [6, 6.07) is 15.9. The lowest BCUT2D eigenvalue weighted by atomic mass is 9.87. The van der Waals surface area contributed by atoms with Gasteiger partial charge in [-0.3, -0.25) is 0 Å². The molecule has 0 fully saturated rings. The number of aromatic nitrogens is 3. The summed E-state index contributed by atoms with van der Waals surface area (Å²) in [4.78, 5) is 0. The molecule has 0 spiro atoms. The Morgan fingerprint density at radius 2 is 1.37 bits per heavy atom. The van der Waals surface area contributed by atoms with Gasteiger partial charge in [-0.2, -0.15) is 5.10 Å². The summed E-state index contributed by atoms with van der Waals surface area (Å²) in [6.07, 6.45) is 4.80. The van der Waals surface area contributed by atoms with Gasteiger partial charge in [-0.05, 0) is 52.9 Å². The van der Waals surface area contributed by atoms with E-state index >= 15 is 0 Å². The van der Waals surface area contributed by atoms with E-state index in [0.29, 0.717) is 13.2 Å². The first-order valence-electron chi connectivity index (χ1n) is 8.86. The molecule has 0 N–H and O–H groups in total. The van der Waals surface area contributed by atoms with Crippen molar-refractivity contribution < 1.29 is 9.47 Å². The molecule has 0 saturated carbocycles. The van der Waals surface area contributed by atoms with Crippen LogP contribution in [0, 0.1) is 0 Å². The molecule has 0 saturated heterocycles. The van der Waals surface area contributed by atoms with Crippen molar-refractivity contribution in [1.29, 1.82) is 0 Å². The van der Waals surface area contributed by atoms with Gasteiger partial charge >= 0.3 is 0 Å². The number of nitrogens with zero attached hydrogens (tertiary/aromatic N) is 4. The zero-order valence-corrected chi connectivity index (χ0v) is 15.9. The Hall–Kier alpha value is -3.15. The largest absolute Gasteiger partial charge is 0.490 e. The molecule has 0 radical (unpaired) electrons. The summed E-state index contributed by atoms with van der Waals surface area (Å²) in [6.45, 7) is 7.56. The molecule has 0 amide bonds. The first-order valence-corrected chi connectivity index (χ1v) is 8.86. The molecule has 1 aromatic heterocycles. The van der Waals surface area contributed by atoms with E-state index in [9.17, 15) is 0 Å². The van der Waals surface area contributed by atoms with Gasteiger partial charge < -0.3 is 9.47 Å². The molecule has 3 aromatic rings. The van der Waals surface area contributed by atoms with Crippen molar-refractivity contribution in [2.45, 2.75) is 26.2 Å². The summed E-state index contributed by atoms with van der Waals surface area (Å²) in [5.41, 5.74) is 2.40. The summed E-state index contributed by atoms with van der Waals surface area (Å²) in [7, 11) is 0. The van der Waals surface area contributed by atoms with Crippen molar-refractivity contribution in [1.82, 2.24) is 14.9 Å². The standard InChI is InChI=1S/C21H24N4O2/c1-21(2,3)18-6-10-20(11-7-18)27-13-12-26-19-8-4-17(5-9-19)14-24-25-15-22-23-16-25/h4-11,14-16H,12-13H2,1-3H3. The van der Waals surface area contributed by atoms with Gasteiger partial charge in [0.05, 0.1) is 6.21 Å². The smallest absolute Gasteiger partial charge is 0.141 e. The van der Waals surface area contributed by atoms with Gasteiger partial charge in [0, 0.05) is 0 Å². The minimum absolute atomic E-state index is 0.147. The first-order chi connectivity index (χ1) is 13.0. The second kappa shape index (κ2) is 8.49. The number of hydrogen-bond acceptors (Lipinski definition) is 5. The minimum Gasteiger partial charge on any atom is -0.490 e. The van der Waals surface area contributed by atoms with Gasteiger partial charge in [-0.15, -0.1) is 10.2 Å². The SMILES string of the molecule is CC(C)(C)c1ccc(OCCOc2ccc(C=Nn3cnnc3)cc2)cc1. The summed E-state index contributed by atoms with van der Waals surface area (Å²) >= 11 is 0. The molecule has 6 nitrogen and oxygen atoms in total. The van der Waals surface area contributed by atoms with E-state index in [2.05, 4.69) is 48.2 Å². The third kappa shape index (κ3) is 5.67. The van der Waals surface area contributed by atoms with E-state index in [4.69, 9.17) is 9.47 Å². The lowest BCUT2D eigenvalue weighted by Gasteiger charge is -2.19. The van der Waals surface area contributed by atoms with Gasteiger partial charge in [-0.1, -0.05) is 32.9 Å². The van der Waals surface area contributed by atoms with Crippen LogP contribution < -0.4 is 9.47 Å². The predicted octanol–water partition coefficient (Wildman–Crippen LogP) is 3.92. The van der Waals surface area contributed by atoms with Crippen molar-refractivity contribution in [2.75, 3.05) is 13.2 Å². The highest BCUT2D eigenvalue weighted by Gasteiger charge is 2.12. The Bertz CT molecular complexity index is 849. The third-order valence-corrected chi connectivity index (χ3v) is 3.97. The van der Waals surface area contributed by atoms with Crippen LogP contribution in [0.2, 0.25) is 0 Å². The fraction of sp³-hybridized carbons (Fsp3) is 0.286. The van der Waals surface area contributed by atoms with E-state index in [-0.39, 0.29) is 5.41 Å². The summed E-state index contributed by atoms with van der Waals surface area (Å²) in [5, 5.41) is 11.6. The number of rotatable bonds is 7. The van der Waals surface area contributed by atoms with Gasteiger partial charge in [-0.25, -0.2) is 4.68 Å². The molecule has 0 aliphatic rings. The van der Waals surface area contributed by atoms with Crippen LogP contribution >= 0.6 is 0 Å². The van der Waals surface area contributed by atoms with Crippen LogP contribution in [-0.4, -0.2) is 34.3 Å². The van der Waals surface area contributed by atoms with Crippen molar-refractivity contribution in [3.05, 3.63) is 72.3 Å². The molecule has 2 aromatic carbocycles. The first kappa shape index (κ1) is 18.6. The highest BCUT2D eigenvalue weighted by Crippen LogP contribution is 2.24.